The number of carbonyl (C=O) groups excluding carboxylic acids is 1. The van der Waals surface area contributed by atoms with Crippen molar-refractivity contribution in [3.8, 4) is 11.3 Å². The minimum absolute atomic E-state index is 0.0928. The lowest BCUT2D eigenvalue weighted by Crippen LogP contribution is -2.44. The van der Waals surface area contributed by atoms with Gasteiger partial charge in [-0.25, -0.2) is 4.79 Å². The Morgan fingerprint density at radius 2 is 1.94 bits per heavy atom. The van der Waals surface area contributed by atoms with E-state index in [2.05, 4.69) is 5.16 Å². The third-order valence-corrected chi connectivity index (χ3v) is 7.14. The summed E-state index contributed by atoms with van der Waals surface area (Å²) in [5.41, 5.74) is 1.81. The van der Waals surface area contributed by atoms with Gasteiger partial charge in [-0.3, -0.25) is 0 Å². The molecule has 8 heteroatoms. The first-order valence-electron chi connectivity index (χ1n) is 11.3. The minimum atomic E-state index is -0.487. The molecule has 0 N–H and O–H groups in total. The number of fused-ring (bicyclic) bond motifs is 2. The SMILES string of the molecule is CC(C)(C)OC(=O)N1C[C@H]2C[C@@H]1C[C@H]2OCc1c(-c2c(Cl)cccc2Cl)noc1C1CC1. The smallest absolute Gasteiger partial charge is 0.410 e. The number of rotatable bonds is 5. The van der Waals surface area contributed by atoms with E-state index in [1.165, 1.54) is 0 Å². The van der Waals surface area contributed by atoms with Crippen LogP contribution in [0.2, 0.25) is 10.0 Å². The average Bonchev–Trinajstić information content (AvgIpc) is 3.16. The Morgan fingerprint density at radius 1 is 1.22 bits per heavy atom. The van der Waals surface area contributed by atoms with Gasteiger partial charge in [-0.15, -0.1) is 0 Å². The van der Waals surface area contributed by atoms with E-state index in [4.69, 9.17) is 37.2 Å². The maximum Gasteiger partial charge on any atom is 0.410 e. The zero-order chi connectivity index (χ0) is 22.6. The van der Waals surface area contributed by atoms with Crippen LogP contribution in [0, 0.1) is 5.92 Å². The highest BCUT2D eigenvalue weighted by Gasteiger charge is 2.48. The second-order valence-corrected chi connectivity index (χ2v) is 10.9. The Bertz CT molecular complexity index is 1010. The summed E-state index contributed by atoms with van der Waals surface area (Å²) in [6.45, 7) is 6.75. The molecule has 3 atom stereocenters. The van der Waals surface area contributed by atoms with Crippen LogP contribution in [-0.4, -0.2) is 40.4 Å². The Balaban J connectivity index is 1.30. The van der Waals surface area contributed by atoms with Crippen LogP contribution in [0.1, 0.15) is 63.7 Å². The number of nitrogens with zero attached hydrogens (tertiary/aromatic N) is 2. The molecule has 1 aliphatic heterocycles. The summed E-state index contributed by atoms with van der Waals surface area (Å²) in [4.78, 5) is 14.4. The summed E-state index contributed by atoms with van der Waals surface area (Å²) in [7, 11) is 0. The number of ether oxygens (including phenoxy) is 2. The second kappa shape index (κ2) is 8.23. The number of hydrogen-bond donors (Lipinski definition) is 0. The van der Waals surface area contributed by atoms with E-state index in [1.807, 2.05) is 31.7 Å². The molecule has 3 aliphatic rings. The molecule has 0 unspecified atom stereocenters. The first-order valence-corrected chi connectivity index (χ1v) is 12.0. The Morgan fingerprint density at radius 3 is 2.53 bits per heavy atom. The van der Waals surface area contributed by atoms with Crippen molar-refractivity contribution in [1.82, 2.24) is 10.1 Å². The van der Waals surface area contributed by atoms with Crippen LogP contribution in [0.15, 0.2) is 22.7 Å². The van der Waals surface area contributed by atoms with Crippen LogP contribution in [-0.2, 0) is 16.1 Å². The van der Waals surface area contributed by atoms with E-state index in [9.17, 15) is 4.79 Å². The lowest BCUT2D eigenvalue weighted by atomic mass is 10.0. The van der Waals surface area contributed by atoms with Gasteiger partial charge in [-0.2, -0.15) is 0 Å². The van der Waals surface area contributed by atoms with Crippen LogP contribution in [0.25, 0.3) is 11.3 Å². The molecule has 172 valence electrons. The Hall–Kier alpha value is -1.76. The number of amides is 1. The molecule has 0 spiro atoms. The van der Waals surface area contributed by atoms with Crippen molar-refractivity contribution >= 4 is 29.3 Å². The number of carbonyl (C=O) groups is 1. The number of piperidine rings is 1. The van der Waals surface area contributed by atoms with Crippen molar-refractivity contribution in [2.24, 2.45) is 5.92 Å². The van der Waals surface area contributed by atoms with Gasteiger partial charge < -0.3 is 18.9 Å². The van der Waals surface area contributed by atoms with Crippen LogP contribution in [0.5, 0.6) is 0 Å². The first-order chi connectivity index (χ1) is 15.2. The molecule has 0 radical (unpaired) electrons. The molecular weight excluding hydrogens is 451 g/mol. The van der Waals surface area contributed by atoms with Gasteiger partial charge >= 0.3 is 6.09 Å². The third kappa shape index (κ3) is 4.25. The average molecular weight is 479 g/mol. The van der Waals surface area contributed by atoms with Crippen molar-refractivity contribution in [2.45, 2.75) is 76.7 Å². The minimum Gasteiger partial charge on any atom is -0.444 e. The summed E-state index contributed by atoms with van der Waals surface area (Å²) in [5, 5.41) is 5.43. The standard InChI is InChI=1S/C24H28Cl2N2O4/c1-24(2,3)31-23(29)28-11-14-9-15(28)10-19(14)30-12-16-21(27-32-22(16)13-7-8-13)20-17(25)5-4-6-18(20)26/h4-6,13-15,19H,7-12H2,1-3H3/t14-,15-,19-/m1/s1. The van der Waals surface area contributed by atoms with Crippen molar-refractivity contribution in [2.75, 3.05) is 6.54 Å². The molecule has 5 rings (SSSR count). The van der Waals surface area contributed by atoms with Crippen molar-refractivity contribution in [1.29, 1.82) is 0 Å². The van der Waals surface area contributed by atoms with E-state index in [1.54, 1.807) is 12.1 Å². The normalized spacial score (nSPS) is 24.9. The van der Waals surface area contributed by atoms with Gasteiger partial charge in [0.05, 0.1) is 22.8 Å². The van der Waals surface area contributed by atoms with Gasteiger partial charge in [0.2, 0.25) is 0 Å². The zero-order valence-corrected chi connectivity index (χ0v) is 20.1. The first kappa shape index (κ1) is 22.1. The summed E-state index contributed by atoms with van der Waals surface area (Å²) in [6, 6.07) is 5.60. The van der Waals surface area contributed by atoms with Crippen molar-refractivity contribution in [3.63, 3.8) is 0 Å². The molecule has 2 aromatic rings. The zero-order valence-electron chi connectivity index (χ0n) is 18.6. The van der Waals surface area contributed by atoms with Gasteiger partial charge in [-0.1, -0.05) is 34.4 Å². The number of hydrogen-bond acceptors (Lipinski definition) is 5. The quantitative estimate of drug-likeness (QED) is 0.494. The molecule has 6 nitrogen and oxygen atoms in total. The second-order valence-electron chi connectivity index (χ2n) is 10.1. The van der Waals surface area contributed by atoms with E-state index >= 15 is 0 Å². The number of aromatic nitrogens is 1. The molecule has 2 bridgehead atoms. The molecule has 1 aromatic heterocycles. The molecule has 2 saturated carbocycles. The summed E-state index contributed by atoms with van der Waals surface area (Å²) < 4.78 is 17.7. The summed E-state index contributed by atoms with van der Waals surface area (Å²) >= 11 is 12.9. The topological polar surface area (TPSA) is 64.8 Å². The Kier molecular flexibility index (Phi) is 5.67. The van der Waals surface area contributed by atoms with Gasteiger partial charge in [-0.05, 0) is 58.6 Å². The fraction of sp³-hybridized carbons (Fsp3) is 0.583. The molecule has 1 aromatic carbocycles. The van der Waals surface area contributed by atoms with Crippen molar-refractivity contribution < 1.29 is 18.8 Å². The highest BCUT2D eigenvalue weighted by molar-refractivity contribution is 6.39. The van der Waals surface area contributed by atoms with Crippen LogP contribution >= 0.6 is 23.2 Å². The predicted octanol–water partition coefficient (Wildman–Crippen LogP) is 6.44. The fourth-order valence-corrected chi connectivity index (χ4v) is 5.47. The van der Waals surface area contributed by atoms with Crippen LogP contribution in [0.4, 0.5) is 4.79 Å². The molecule has 1 amide bonds. The van der Waals surface area contributed by atoms with Gasteiger partial charge in [0.1, 0.15) is 17.1 Å². The molecular formula is C24H28Cl2N2O4. The number of halogens is 2. The monoisotopic (exact) mass is 478 g/mol. The predicted molar refractivity (Wildman–Crippen MR) is 122 cm³/mol. The van der Waals surface area contributed by atoms with Crippen LogP contribution < -0.4 is 0 Å². The third-order valence-electron chi connectivity index (χ3n) is 6.51. The number of likely N-dealkylation sites (tertiary alicyclic amines) is 1. The van der Waals surface area contributed by atoms with Gasteiger partial charge in [0, 0.05) is 35.5 Å². The highest BCUT2D eigenvalue weighted by atomic mass is 35.5. The molecule has 3 fully saturated rings. The van der Waals surface area contributed by atoms with E-state index in [0.29, 0.717) is 46.3 Å². The molecule has 1 saturated heterocycles. The largest absolute Gasteiger partial charge is 0.444 e. The Labute approximate surface area is 198 Å². The van der Waals surface area contributed by atoms with Gasteiger partial charge in [0.25, 0.3) is 0 Å². The molecule has 2 aliphatic carbocycles. The highest BCUT2D eigenvalue weighted by Crippen LogP contribution is 2.47. The van der Waals surface area contributed by atoms with Gasteiger partial charge in [0.15, 0.2) is 0 Å². The fourth-order valence-electron chi connectivity index (χ4n) is 4.89. The maximum absolute atomic E-state index is 12.5. The van der Waals surface area contributed by atoms with Crippen molar-refractivity contribution in [3.05, 3.63) is 39.6 Å². The van der Waals surface area contributed by atoms with E-state index < -0.39 is 5.60 Å². The summed E-state index contributed by atoms with van der Waals surface area (Å²) in [6.07, 6.45) is 3.82. The molecule has 32 heavy (non-hydrogen) atoms. The number of benzene rings is 1. The van der Waals surface area contributed by atoms with E-state index in [0.717, 1.165) is 37.0 Å². The summed E-state index contributed by atoms with van der Waals surface area (Å²) in [5.74, 6) is 1.58. The van der Waals surface area contributed by atoms with Crippen LogP contribution in [0.3, 0.4) is 0 Å². The molecule has 2 heterocycles. The lowest BCUT2D eigenvalue weighted by molar-refractivity contribution is -0.0219. The maximum atomic E-state index is 12.5. The van der Waals surface area contributed by atoms with E-state index in [-0.39, 0.29) is 18.2 Å². The lowest BCUT2D eigenvalue weighted by Gasteiger charge is -2.33.